The molecule has 7 nitrogen and oxygen atoms in total. The van der Waals surface area contributed by atoms with E-state index in [2.05, 4.69) is 39.0 Å². The number of aromatic nitrogens is 4. The van der Waals surface area contributed by atoms with Crippen molar-refractivity contribution in [1.29, 1.82) is 0 Å². The average Bonchev–Trinajstić information content (AvgIpc) is 2.77. The standard InChI is InChI=1S/C13H18N6O/c1-8-6-5-7-11(9(8)2)10(3)14-13(20)15-12-16-18-19(4)17-12/h5-7,10H,1-4H3,(H2,14,15,17,20). The number of aryl methyl sites for hydroxylation is 2. The molecule has 0 saturated heterocycles. The quantitative estimate of drug-likeness (QED) is 0.892. The summed E-state index contributed by atoms with van der Waals surface area (Å²) in [7, 11) is 1.63. The third-order valence-electron chi connectivity index (χ3n) is 3.19. The Hall–Kier alpha value is -2.44. The number of rotatable bonds is 3. The second-order valence-electron chi connectivity index (χ2n) is 4.71. The van der Waals surface area contributed by atoms with Crippen molar-refractivity contribution in [3.05, 3.63) is 34.9 Å². The first-order valence-corrected chi connectivity index (χ1v) is 6.35. The zero-order valence-corrected chi connectivity index (χ0v) is 12.0. The minimum atomic E-state index is -0.355. The first-order valence-electron chi connectivity index (χ1n) is 6.35. The van der Waals surface area contributed by atoms with Gasteiger partial charge in [0.1, 0.15) is 0 Å². The number of amides is 2. The number of hydrogen-bond donors (Lipinski definition) is 2. The van der Waals surface area contributed by atoms with Gasteiger partial charge in [-0.25, -0.2) is 4.79 Å². The summed E-state index contributed by atoms with van der Waals surface area (Å²) in [4.78, 5) is 13.1. The molecule has 0 aliphatic carbocycles. The lowest BCUT2D eigenvalue weighted by Crippen LogP contribution is -2.32. The number of benzene rings is 1. The van der Waals surface area contributed by atoms with Crippen LogP contribution in [0.1, 0.15) is 29.7 Å². The van der Waals surface area contributed by atoms with E-state index in [0.29, 0.717) is 0 Å². The monoisotopic (exact) mass is 274 g/mol. The van der Waals surface area contributed by atoms with Gasteiger partial charge in [-0.3, -0.25) is 5.32 Å². The summed E-state index contributed by atoms with van der Waals surface area (Å²) in [6.45, 7) is 6.03. The fourth-order valence-electron chi connectivity index (χ4n) is 1.99. The minimum Gasteiger partial charge on any atom is -0.331 e. The first kappa shape index (κ1) is 14.0. The fourth-order valence-corrected chi connectivity index (χ4v) is 1.99. The van der Waals surface area contributed by atoms with Crippen LogP contribution in [0.4, 0.5) is 10.7 Å². The second kappa shape index (κ2) is 5.68. The van der Waals surface area contributed by atoms with Gasteiger partial charge < -0.3 is 5.32 Å². The summed E-state index contributed by atoms with van der Waals surface area (Å²) in [5.41, 5.74) is 3.47. The minimum absolute atomic E-state index is 0.105. The summed E-state index contributed by atoms with van der Waals surface area (Å²) in [5, 5.41) is 16.6. The predicted octanol–water partition coefficient (Wildman–Crippen LogP) is 1.71. The van der Waals surface area contributed by atoms with Gasteiger partial charge in [0.2, 0.25) is 0 Å². The zero-order chi connectivity index (χ0) is 14.7. The van der Waals surface area contributed by atoms with Gasteiger partial charge in [0.25, 0.3) is 5.95 Å². The van der Waals surface area contributed by atoms with Crippen molar-refractivity contribution >= 4 is 12.0 Å². The Kier molecular flexibility index (Phi) is 3.97. The Labute approximate surface area is 117 Å². The molecule has 2 amide bonds. The molecule has 106 valence electrons. The number of carbonyl (C=O) groups is 1. The van der Waals surface area contributed by atoms with Gasteiger partial charge in [-0.1, -0.05) is 23.3 Å². The lowest BCUT2D eigenvalue weighted by molar-refractivity contribution is 0.249. The number of tetrazole rings is 1. The zero-order valence-electron chi connectivity index (χ0n) is 12.0. The molecule has 1 aromatic carbocycles. The van der Waals surface area contributed by atoms with Crippen molar-refractivity contribution in [2.24, 2.45) is 7.05 Å². The second-order valence-corrected chi connectivity index (χ2v) is 4.71. The van der Waals surface area contributed by atoms with Crippen LogP contribution in [-0.2, 0) is 7.05 Å². The Balaban J connectivity index is 2.02. The van der Waals surface area contributed by atoms with E-state index >= 15 is 0 Å². The van der Waals surface area contributed by atoms with Crippen molar-refractivity contribution in [3.63, 3.8) is 0 Å². The molecule has 0 aliphatic rings. The Morgan fingerprint density at radius 3 is 2.75 bits per heavy atom. The number of hydrogen-bond acceptors (Lipinski definition) is 4. The van der Waals surface area contributed by atoms with Crippen LogP contribution >= 0.6 is 0 Å². The molecule has 0 saturated carbocycles. The van der Waals surface area contributed by atoms with Gasteiger partial charge in [-0.05, 0) is 42.7 Å². The Bertz CT molecular complexity index is 621. The molecule has 0 aliphatic heterocycles. The van der Waals surface area contributed by atoms with E-state index in [0.717, 1.165) is 5.56 Å². The fraction of sp³-hybridized carbons (Fsp3) is 0.385. The number of carbonyl (C=O) groups excluding carboxylic acids is 1. The van der Waals surface area contributed by atoms with Crippen LogP contribution < -0.4 is 10.6 Å². The first-order chi connectivity index (χ1) is 9.47. The van der Waals surface area contributed by atoms with Crippen LogP contribution in [0.3, 0.4) is 0 Å². The third kappa shape index (κ3) is 3.11. The molecule has 1 heterocycles. The molecule has 2 aromatic rings. The van der Waals surface area contributed by atoms with Crippen molar-refractivity contribution in [1.82, 2.24) is 25.5 Å². The molecule has 1 unspecified atom stereocenters. The molecule has 1 atom stereocenters. The van der Waals surface area contributed by atoms with Crippen molar-refractivity contribution in [2.75, 3.05) is 5.32 Å². The molecule has 0 bridgehead atoms. The Morgan fingerprint density at radius 2 is 2.10 bits per heavy atom. The number of nitrogens with one attached hydrogen (secondary N) is 2. The highest BCUT2D eigenvalue weighted by Gasteiger charge is 2.13. The molecular weight excluding hydrogens is 256 g/mol. The van der Waals surface area contributed by atoms with Crippen LogP contribution in [0, 0.1) is 13.8 Å². The summed E-state index contributed by atoms with van der Waals surface area (Å²) in [6, 6.07) is 5.58. The van der Waals surface area contributed by atoms with E-state index in [1.54, 1.807) is 7.05 Å². The number of urea groups is 1. The van der Waals surface area contributed by atoms with E-state index in [4.69, 9.17) is 0 Å². The SMILES string of the molecule is Cc1cccc(C(C)NC(=O)Nc2nnn(C)n2)c1C. The molecule has 0 radical (unpaired) electrons. The molecule has 1 aromatic heterocycles. The topological polar surface area (TPSA) is 84.7 Å². The van der Waals surface area contributed by atoms with Gasteiger partial charge in [-0.15, -0.1) is 5.10 Å². The average molecular weight is 274 g/mol. The maximum atomic E-state index is 11.9. The van der Waals surface area contributed by atoms with Gasteiger partial charge in [-0.2, -0.15) is 4.80 Å². The lowest BCUT2D eigenvalue weighted by Gasteiger charge is -2.17. The summed E-state index contributed by atoms with van der Waals surface area (Å²) >= 11 is 0. The number of anilines is 1. The van der Waals surface area contributed by atoms with E-state index in [9.17, 15) is 4.79 Å². The normalized spacial score (nSPS) is 12.0. The molecular formula is C13H18N6O. The van der Waals surface area contributed by atoms with Crippen molar-refractivity contribution in [2.45, 2.75) is 26.8 Å². The molecule has 2 rings (SSSR count). The third-order valence-corrected chi connectivity index (χ3v) is 3.19. The van der Waals surface area contributed by atoms with Gasteiger partial charge in [0.05, 0.1) is 13.1 Å². The highest BCUT2D eigenvalue weighted by atomic mass is 16.2. The Morgan fingerprint density at radius 1 is 1.35 bits per heavy atom. The van der Waals surface area contributed by atoms with Crippen molar-refractivity contribution < 1.29 is 4.79 Å². The van der Waals surface area contributed by atoms with Crippen LogP contribution in [0.5, 0.6) is 0 Å². The highest BCUT2D eigenvalue weighted by Crippen LogP contribution is 2.19. The molecule has 20 heavy (non-hydrogen) atoms. The van der Waals surface area contributed by atoms with Crippen LogP contribution in [-0.4, -0.2) is 26.2 Å². The lowest BCUT2D eigenvalue weighted by atomic mass is 9.98. The van der Waals surface area contributed by atoms with Crippen LogP contribution in [0.2, 0.25) is 0 Å². The van der Waals surface area contributed by atoms with E-state index < -0.39 is 0 Å². The number of nitrogens with zero attached hydrogens (tertiary/aromatic N) is 4. The van der Waals surface area contributed by atoms with E-state index in [-0.39, 0.29) is 18.0 Å². The molecule has 0 spiro atoms. The summed E-state index contributed by atoms with van der Waals surface area (Å²) < 4.78 is 0. The van der Waals surface area contributed by atoms with Gasteiger partial charge in [0, 0.05) is 0 Å². The van der Waals surface area contributed by atoms with E-state index in [1.807, 2.05) is 26.0 Å². The highest BCUT2D eigenvalue weighted by molar-refractivity contribution is 5.87. The molecule has 0 fully saturated rings. The predicted molar refractivity (Wildman–Crippen MR) is 75.3 cm³/mol. The summed E-state index contributed by atoms with van der Waals surface area (Å²) in [5.74, 6) is 0.179. The maximum absolute atomic E-state index is 11.9. The van der Waals surface area contributed by atoms with Gasteiger partial charge in [0.15, 0.2) is 0 Å². The maximum Gasteiger partial charge on any atom is 0.322 e. The largest absolute Gasteiger partial charge is 0.331 e. The van der Waals surface area contributed by atoms with Crippen LogP contribution in [0.25, 0.3) is 0 Å². The van der Waals surface area contributed by atoms with Crippen molar-refractivity contribution in [3.8, 4) is 0 Å². The van der Waals surface area contributed by atoms with Crippen LogP contribution in [0.15, 0.2) is 18.2 Å². The molecule has 2 N–H and O–H groups in total. The molecule has 7 heteroatoms. The van der Waals surface area contributed by atoms with Gasteiger partial charge >= 0.3 is 6.03 Å². The summed E-state index contributed by atoms with van der Waals surface area (Å²) in [6.07, 6.45) is 0. The van der Waals surface area contributed by atoms with E-state index in [1.165, 1.54) is 15.9 Å². The smallest absolute Gasteiger partial charge is 0.322 e.